The van der Waals surface area contributed by atoms with Gasteiger partial charge in [0.05, 0.1) is 0 Å². The highest BCUT2D eigenvalue weighted by atomic mass is 16.2. The largest absolute Gasteiger partial charge is 0.296 e. The van der Waals surface area contributed by atoms with Crippen LogP contribution in [0.5, 0.6) is 0 Å². The van der Waals surface area contributed by atoms with E-state index in [1.165, 1.54) is 0 Å². The Morgan fingerprint density at radius 2 is 2.13 bits per heavy atom. The van der Waals surface area contributed by atoms with Crippen LogP contribution >= 0.6 is 0 Å². The molecule has 0 N–H and O–H groups in total. The topological polar surface area (TPSA) is 33.2 Å². The molecule has 3 nitrogen and oxygen atoms in total. The number of aryl methyl sites for hydroxylation is 1. The summed E-state index contributed by atoms with van der Waals surface area (Å²) in [6, 6.07) is 3.90. The number of aromatic nitrogens is 1. The summed E-state index contributed by atoms with van der Waals surface area (Å²) in [5.74, 6) is 0.951. The Hall–Kier alpha value is -1.38. The smallest absolute Gasteiger partial charge is 0.228 e. The lowest BCUT2D eigenvalue weighted by atomic mass is 9.93. The van der Waals surface area contributed by atoms with E-state index in [0.29, 0.717) is 6.42 Å². The fourth-order valence-electron chi connectivity index (χ4n) is 1.91. The van der Waals surface area contributed by atoms with Crippen LogP contribution in [0.3, 0.4) is 0 Å². The van der Waals surface area contributed by atoms with Crippen molar-refractivity contribution in [2.75, 3.05) is 11.4 Å². The molecule has 1 aliphatic rings. The highest BCUT2D eigenvalue weighted by molar-refractivity contribution is 5.95. The van der Waals surface area contributed by atoms with Crippen molar-refractivity contribution in [1.29, 1.82) is 0 Å². The zero-order valence-electron chi connectivity index (χ0n) is 9.45. The Kier molecular flexibility index (Phi) is 2.25. The van der Waals surface area contributed by atoms with E-state index < -0.39 is 0 Å². The van der Waals surface area contributed by atoms with Gasteiger partial charge < -0.3 is 0 Å². The Balaban J connectivity index is 2.25. The molecule has 15 heavy (non-hydrogen) atoms. The van der Waals surface area contributed by atoms with Crippen LogP contribution in [0.4, 0.5) is 5.82 Å². The number of nitrogens with zero attached hydrogens (tertiary/aromatic N) is 2. The van der Waals surface area contributed by atoms with Gasteiger partial charge in [-0.2, -0.15) is 0 Å². The quantitative estimate of drug-likeness (QED) is 0.702. The van der Waals surface area contributed by atoms with Gasteiger partial charge >= 0.3 is 0 Å². The van der Waals surface area contributed by atoms with Crippen LogP contribution in [0.1, 0.15) is 25.8 Å². The molecule has 0 atom stereocenters. The molecule has 0 aliphatic carbocycles. The Labute approximate surface area is 90.1 Å². The Bertz CT molecular complexity index is 381. The Morgan fingerprint density at radius 3 is 2.60 bits per heavy atom. The van der Waals surface area contributed by atoms with Crippen LogP contribution in [0.15, 0.2) is 18.3 Å². The van der Waals surface area contributed by atoms with Crippen molar-refractivity contribution in [2.45, 2.75) is 27.2 Å². The highest BCUT2D eigenvalue weighted by Crippen LogP contribution is 2.32. The number of amides is 1. The van der Waals surface area contributed by atoms with E-state index in [4.69, 9.17) is 0 Å². The van der Waals surface area contributed by atoms with Crippen LogP contribution in [-0.4, -0.2) is 17.4 Å². The molecule has 2 heterocycles. The molecule has 1 aliphatic heterocycles. The molecular weight excluding hydrogens is 188 g/mol. The predicted octanol–water partition coefficient (Wildman–Crippen LogP) is 2.15. The zero-order valence-corrected chi connectivity index (χ0v) is 9.45. The van der Waals surface area contributed by atoms with E-state index in [-0.39, 0.29) is 11.3 Å². The third-order valence-electron chi connectivity index (χ3n) is 2.69. The summed E-state index contributed by atoms with van der Waals surface area (Å²) in [6.07, 6.45) is 2.41. The lowest BCUT2D eigenvalue weighted by molar-refractivity contribution is -0.117. The van der Waals surface area contributed by atoms with Gasteiger partial charge in [0.25, 0.3) is 0 Å². The number of carbonyl (C=O) groups is 1. The SMILES string of the molecule is Cc1ccc(N2CC(C)(C)CC2=O)nc1. The molecule has 1 saturated heterocycles. The van der Waals surface area contributed by atoms with Crippen molar-refractivity contribution >= 4 is 11.7 Å². The van der Waals surface area contributed by atoms with E-state index in [1.807, 2.05) is 19.1 Å². The van der Waals surface area contributed by atoms with Crippen molar-refractivity contribution < 1.29 is 4.79 Å². The average Bonchev–Trinajstić information content (AvgIpc) is 2.41. The molecule has 2 rings (SSSR count). The first-order valence-electron chi connectivity index (χ1n) is 5.21. The number of rotatable bonds is 1. The van der Waals surface area contributed by atoms with Gasteiger partial charge in [-0.25, -0.2) is 4.98 Å². The maximum atomic E-state index is 11.8. The van der Waals surface area contributed by atoms with Gasteiger partial charge in [0.15, 0.2) is 0 Å². The van der Waals surface area contributed by atoms with Crippen LogP contribution in [0, 0.1) is 12.3 Å². The van der Waals surface area contributed by atoms with E-state index in [2.05, 4.69) is 18.8 Å². The Morgan fingerprint density at radius 1 is 1.40 bits per heavy atom. The van der Waals surface area contributed by atoms with Crippen LogP contribution in [-0.2, 0) is 4.79 Å². The molecule has 1 aromatic heterocycles. The average molecular weight is 204 g/mol. The first kappa shape index (κ1) is 10.1. The van der Waals surface area contributed by atoms with Crippen molar-refractivity contribution in [3.05, 3.63) is 23.9 Å². The highest BCUT2D eigenvalue weighted by Gasteiger charge is 2.36. The molecule has 0 bridgehead atoms. The molecule has 0 saturated carbocycles. The van der Waals surface area contributed by atoms with Gasteiger partial charge in [-0.3, -0.25) is 9.69 Å². The van der Waals surface area contributed by atoms with E-state index in [1.54, 1.807) is 11.1 Å². The molecule has 1 fully saturated rings. The summed E-state index contributed by atoms with van der Waals surface area (Å²) in [5, 5.41) is 0. The second kappa shape index (κ2) is 3.33. The minimum Gasteiger partial charge on any atom is -0.296 e. The van der Waals surface area contributed by atoms with Crippen LogP contribution in [0.25, 0.3) is 0 Å². The fraction of sp³-hybridized carbons (Fsp3) is 0.500. The molecular formula is C12H16N2O. The lowest BCUT2D eigenvalue weighted by Gasteiger charge is -2.18. The van der Waals surface area contributed by atoms with Crippen molar-refractivity contribution in [3.8, 4) is 0 Å². The summed E-state index contributed by atoms with van der Waals surface area (Å²) in [6.45, 7) is 6.98. The number of hydrogen-bond donors (Lipinski definition) is 0. The van der Waals surface area contributed by atoms with Gasteiger partial charge in [-0.1, -0.05) is 19.9 Å². The summed E-state index contributed by atoms with van der Waals surface area (Å²) >= 11 is 0. The van der Waals surface area contributed by atoms with Gasteiger partial charge in [0.1, 0.15) is 5.82 Å². The molecule has 0 spiro atoms. The number of pyridine rings is 1. The first-order valence-corrected chi connectivity index (χ1v) is 5.21. The second-order valence-electron chi connectivity index (χ2n) is 5.01. The summed E-state index contributed by atoms with van der Waals surface area (Å²) in [4.78, 5) is 17.8. The van der Waals surface area contributed by atoms with Crippen LogP contribution < -0.4 is 4.90 Å². The van der Waals surface area contributed by atoms with Crippen molar-refractivity contribution in [1.82, 2.24) is 4.98 Å². The normalized spacial score (nSPS) is 19.7. The number of anilines is 1. The molecule has 0 unspecified atom stereocenters. The number of carbonyl (C=O) groups excluding carboxylic acids is 1. The molecule has 0 aromatic carbocycles. The third-order valence-corrected chi connectivity index (χ3v) is 2.69. The maximum Gasteiger partial charge on any atom is 0.228 e. The maximum absolute atomic E-state index is 11.8. The van der Waals surface area contributed by atoms with Crippen molar-refractivity contribution in [2.24, 2.45) is 5.41 Å². The summed E-state index contributed by atoms with van der Waals surface area (Å²) in [7, 11) is 0. The van der Waals surface area contributed by atoms with Gasteiger partial charge in [0, 0.05) is 19.2 Å². The molecule has 1 aromatic rings. The molecule has 80 valence electrons. The standard InChI is InChI=1S/C12H16N2O/c1-9-4-5-10(13-7-9)14-8-12(2,3)6-11(14)15/h4-5,7H,6,8H2,1-3H3. The van der Waals surface area contributed by atoms with Crippen LogP contribution in [0.2, 0.25) is 0 Å². The fourth-order valence-corrected chi connectivity index (χ4v) is 1.91. The second-order valence-corrected chi connectivity index (χ2v) is 5.01. The van der Waals surface area contributed by atoms with E-state index >= 15 is 0 Å². The van der Waals surface area contributed by atoms with Gasteiger partial charge in [-0.15, -0.1) is 0 Å². The summed E-state index contributed by atoms with van der Waals surface area (Å²) in [5.41, 5.74) is 1.19. The van der Waals surface area contributed by atoms with E-state index in [9.17, 15) is 4.79 Å². The molecule has 0 radical (unpaired) electrons. The predicted molar refractivity (Wildman–Crippen MR) is 59.7 cm³/mol. The van der Waals surface area contributed by atoms with Gasteiger partial charge in [0.2, 0.25) is 5.91 Å². The summed E-state index contributed by atoms with van der Waals surface area (Å²) < 4.78 is 0. The zero-order chi connectivity index (χ0) is 11.1. The van der Waals surface area contributed by atoms with Gasteiger partial charge in [-0.05, 0) is 24.0 Å². The molecule has 3 heteroatoms. The third kappa shape index (κ3) is 2.01. The lowest BCUT2D eigenvalue weighted by Crippen LogP contribution is -2.26. The minimum atomic E-state index is 0.0731. The number of hydrogen-bond acceptors (Lipinski definition) is 2. The van der Waals surface area contributed by atoms with Crippen molar-refractivity contribution in [3.63, 3.8) is 0 Å². The monoisotopic (exact) mass is 204 g/mol. The molecule has 1 amide bonds. The first-order chi connectivity index (χ1) is 6.98. The minimum absolute atomic E-state index is 0.0731. The van der Waals surface area contributed by atoms with E-state index in [0.717, 1.165) is 17.9 Å².